The highest BCUT2D eigenvalue weighted by atomic mass is 32.1. The lowest BCUT2D eigenvalue weighted by Gasteiger charge is -2.36. The topological polar surface area (TPSA) is 91.7 Å². The molecular weight excluding hydrogens is 332 g/mol. The zero-order valence-corrected chi connectivity index (χ0v) is 14.8. The average Bonchev–Trinajstić information content (AvgIpc) is 3.10. The van der Waals surface area contributed by atoms with E-state index in [0.29, 0.717) is 29.8 Å². The van der Waals surface area contributed by atoms with E-state index in [2.05, 4.69) is 12.1 Å². The summed E-state index contributed by atoms with van der Waals surface area (Å²) in [5.74, 6) is 0.277. The van der Waals surface area contributed by atoms with Crippen LogP contribution in [0.1, 0.15) is 35.8 Å². The van der Waals surface area contributed by atoms with Gasteiger partial charge in [-0.05, 0) is 40.8 Å². The number of hydrogen-bond acceptors (Lipinski definition) is 5. The molecule has 2 heterocycles. The highest BCUT2D eigenvalue weighted by Gasteiger charge is 2.39. The van der Waals surface area contributed by atoms with Crippen molar-refractivity contribution in [3.05, 3.63) is 45.6 Å². The Morgan fingerprint density at radius 1 is 1.12 bits per heavy atom. The van der Waals surface area contributed by atoms with Crippen LogP contribution in [0.2, 0.25) is 0 Å². The van der Waals surface area contributed by atoms with Gasteiger partial charge in [-0.1, -0.05) is 6.92 Å². The Bertz CT molecular complexity index is 910. The number of carbonyl (C=O) groups excluding carboxylic acids is 1. The lowest BCUT2D eigenvalue weighted by molar-refractivity contribution is -0.128. The Labute approximate surface area is 150 Å². The van der Waals surface area contributed by atoms with Crippen LogP contribution in [0.3, 0.4) is 0 Å². The van der Waals surface area contributed by atoms with Crippen molar-refractivity contribution < 1.29 is 4.79 Å². The Morgan fingerprint density at radius 2 is 1.76 bits per heavy atom. The fraction of sp³-hybridized carbons (Fsp3) is 0.263. The van der Waals surface area contributed by atoms with Crippen LogP contribution in [-0.2, 0) is 10.2 Å². The molecule has 3 rings (SSSR count). The molecule has 1 N–H and O–H groups in total. The van der Waals surface area contributed by atoms with Crippen LogP contribution in [0.25, 0.3) is 11.1 Å². The van der Waals surface area contributed by atoms with Crippen molar-refractivity contribution in [3.8, 4) is 23.3 Å². The van der Waals surface area contributed by atoms with Crippen LogP contribution in [0, 0.1) is 28.1 Å². The average molecular weight is 348 g/mol. The molecule has 124 valence electrons. The molecule has 1 aliphatic heterocycles. The Kier molecular flexibility index (Phi) is 4.16. The highest BCUT2D eigenvalue weighted by Crippen LogP contribution is 2.41. The van der Waals surface area contributed by atoms with Crippen LogP contribution in [-0.4, -0.2) is 23.7 Å². The van der Waals surface area contributed by atoms with Gasteiger partial charge >= 0.3 is 0 Å². The number of piperidine rings is 1. The van der Waals surface area contributed by atoms with Gasteiger partial charge in [0.1, 0.15) is 5.84 Å². The van der Waals surface area contributed by atoms with Gasteiger partial charge in [-0.3, -0.25) is 10.2 Å². The molecule has 0 spiro atoms. The summed E-state index contributed by atoms with van der Waals surface area (Å²) in [4.78, 5) is 14.6. The van der Waals surface area contributed by atoms with E-state index >= 15 is 0 Å². The second-order valence-corrected chi connectivity index (χ2v) is 7.45. The predicted molar refractivity (Wildman–Crippen MR) is 96.3 cm³/mol. The van der Waals surface area contributed by atoms with Gasteiger partial charge in [-0.2, -0.15) is 10.5 Å². The molecule has 1 aliphatic rings. The largest absolute Gasteiger partial charge is 0.304 e. The van der Waals surface area contributed by atoms with Crippen LogP contribution in [0.5, 0.6) is 0 Å². The summed E-state index contributed by atoms with van der Waals surface area (Å²) < 4.78 is 0. The van der Waals surface area contributed by atoms with Gasteiger partial charge in [0.25, 0.3) is 0 Å². The summed E-state index contributed by atoms with van der Waals surface area (Å²) in [6.45, 7) is 2.01. The second-order valence-electron chi connectivity index (χ2n) is 6.54. The van der Waals surface area contributed by atoms with Crippen LogP contribution in [0.15, 0.2) is 29.6 Å². The second kappa shape index (κ2) is 6.16. The number of amidine groups is 1. The fourth-order valence-electron chi connectivity index (χ4n) is 3.06. The van der Waals surface area contributed by atoms with Gasteiger partial charge in [-0.15, -0.1) is 11.3 Å². The van der Waals surface area contributed by atoms with Gasteiger partial charge in [0.15, 0.2) is 0 Å². The van der Waals surface area contributed by atoms with Gasteiger partial charge in [0.2, 0.25) is 5.91 Å². The Balaban J connectivity index is 1.99. The van der Waals surface area contributed by atoms with Crippen molar-refractivity contribution in [1.82, 2.24) is 4.90 Å². The SMILES string of the molecule is CN1C(=N)C[C@](C)(c2cc(-c3cc(C#N)cc(C#N)c3)cs2)CC1=O. The first-order chi connectivity index (χ1) is 11.9. The molecule has 5 nitrogen and oxygen atoms in total. The summed E-state index contributed by atoms with van der Waals surface area (Å²) in [6.07, 6.45) is 0.879. The van der Waals surface area contributed by atoms with E-state index in [9.17, 15) is 4.79 Å². The van der Waals surface area contributed by atoms with Crippen LogP contribution >= 0.6 is 11.3 Å². The summed E-state index contributed by atoms with van der Waals surface area (Å²) in [5.41, 5.74) is 2.24. The summed E-state index contributed by atoms with van der Waals surface area (Å²) >= 11 is 1.55. The molecule has 6 heteroatoms. The molecule has 0 radical (unpaired) electrons. The third-order valence-electron chi connectivity index (χ3n) is 4.60. The van der Waals surface area contributed by atoms with E-state index in [0.717, 1.165) is 16.0 Å². The maximum Gasteiger partial charge on any atom is 0.228 e. The van der Waals surface area contributed by atoms with Crippen molar-refractivity contribution in [2.75, 3.05) is 7.05 Å². The lowest BCUT2D eigenvalue weighted by atomic mass is 9.78. The van der Waals surface area contributed by atoms with Crippen LogP contribution in [0.4, 0.5) is 0 Å². The maximum absolute atomic E-state index is 12.2. The van der Waals surface area contributed by atoms with Crippen LogP contribution < -0.4 is 0 Å². The van der Waals surface area contributed by atoms with E-state index in [1.54, 1.807) is 36.6 Å². The molecule has 1 atom stereocenters. The maximum atomic E-state index is 12.2. The third-order valence-corrected chi connectivity index (χ3v) is 5.83. The standard InChI is InChI=1S/C19H16N4OS/c1-19(7-17(22)23(2)18(24)8-19)16-6-15(11-25-16)14-4-12(9-20)3-13(5-14)10-21/h3-6,11,22H,7-8H2,1-2H3/t19-/m0/s1. The number of amides is 1. The van der Waals surface area contributed by atoms with Crippen molar-refractivity contribution in [1.29, 1.82) is 15.9 Å². The lowest BCUT2D eigenvalue weighted by Crippen LogP contribution is -2.46. The number of nitrogens with one attached hydrogen (secondary N) is 1. The molecule has 2 aromatic rings. The monoisotopic (exact) mass is 348 g/mol. The van der Waals surface area contributed by atoms with E-state index < -0.39 is 5.41 Å². The first kappa shape index (κ1) is 16.9. The van der Waals surface area contributed by atoms with Crippen molar-refractivity contribution in [3.63, 3.8) is 0 Å². The molecular formula is C19H16N4OS. The smallest absolute Gasteiger partial charge is 0.228 e. The van der Waals surface area contributed by atoms with Gasteiger partial charge in [0.05, 0.1) is 23.3 Å². The highest BCUT2D eigenvalue weighted by molar-refractivity contribution is 7.10. The zero-order chi connectivity index (χ0) is 18.2. The van der Waals surface area contributed by atoms with E-state index in [-0.39, 0.29) is 5.91 Å². The zero-order valence-electron chi connectivity index (χ0n) is 14.0. The number of likely N-dealkylation sites (tertiary alicyclic amines) is 1. The molecule has 1 aromatic carbocycles. The number of carbonyl (C=O) groups is 1. The quantitative estimate of drug-likeness (QED) is 0.898. The van der Waals surface area contributed by atoms with Gasteiger partial charge in [0, 0.05) is 30.2 Å². The minimum absolute atomic E-state index is 0.0491. The number of benzene rings is 1. The molecule has 25 heavy (non-hydrogen) atoms. The molecule has 0 aliphatic carbocycles. The molecule has 0 saturated carbocycles. The summed E-state index contributed by atoms with van der Waals surface area (Å²) in [7, 11) is 1.64. The normalized spacial score (nSPS) is 20.2. The molecule has 0 unspecified atom stereocenters. The first-order valence-electron chi connectivity index (χ1n) is 7.75. The number of nitrogens with zero attached hydrogens (tertiary/aromatic N) is 3. The van der Waals surface area contributed by atoms with Gasteiger partial charge in [-0.25, -0.2) is 0 Å². The molecule has 1 aromatic heterocycles. The summed E-state index contributed by atoms with van der Waals surface area (Å²) in [5, 5.41) is 28.3. The van der Waals surface area contributed by atoms with E-state index in [1.807, 2.05) is 18.4 Å². The third kappa shape index (κ3) is 3.05. The molecule has 0 bridgehead atoms. The first-order valence-corrected chi connectivity index (χ1v) is 8.63. The van der Waals surface area contributed by atoms with Gasteiger partial charge < -0.3 is 4.90 Å². The number of nitriles is 2. The predicted octanol–water partition coefficient (Wildman–Crippen LogP) is 3.65. The Hall–Kier alpha value is -2.96. The summed E-state index contributed by atoms with van der Waals surface area (Å²) in [6, 6.07) is 11.3. The number of hydrogen-bond donors (Lipinski definition) is 1. The Morgan fingerprint density at radius 3 is 2.32 bits per heavy atom. The molecule has 1 amide bonds. The minimum Gasteiger partial charge on any atom is -0.304 e. The number of thiophene rings is 1. The van der Waals surface area contributed by atoms with Crippen molar-refractivity contribution >= 4 is 23.1 Å². The van der Waals surface area contributed by atoms with Crippen molar-refractivity contribution in [2.45, 2.75) is 25.2 Å². The minimum atomic E-state index is -0.394. The van der Waals surface area contributed by atoms with E-state index in [1.165, 1.54) is 4.90 Å². The van der Waals surface area contributed by atoms with Crippen molar-refractivity contribution in [2.24, 2.45) is 0 Å². The molecule has 1 fully saturated rings. The molecule has 1 saturated heterocycles. The van der Waals surface area contributed by atoms with E-state index in [4.69, 9.17) is 15.9 Å². The number of rotatable bonds is 2. The fourth-order valence-corrected chi connectivity index (χ4v) is 4.14.